The van der Waals surface area contributed by atoms with Crippen LogP contribution in [0, 0.1) is 0 Å². The van der Waals surface area contributed by atoms with E-state index < -0.39 is 18.7 Å². The SMILES string of the molecule is [2H]C([2H])(CCCCCCCCCCC)C([2H])([2H])CCCCCCCCCCC(=O)O. The molecular weight excluding hydrogens is 320 g/mol. The predicted octanol–water partition coefficient (Wildman–Crippen LogP) is 8.67. The topological polar surface area (TPSA) is 37.3 Å². The molecule has 0 unspecified atom stereocenters. The van der Waals surface area contributed by atoms with Gasteiger partial charge in [0.15, 0.2) is 0 Å². The van der Waals surface area contributed by atoms with Gasteiger partial charge in [0, 0.05) is 11.9 Å². The van der Waals surface area contributed by atoms with Crippen LogP contribution in [-0.2, 0) is 4.79 Å². The summed E-state index contributed by atoms with van der Waals surface area (Å²) in [6.07, 6.45) is 15.8. The van der Waals surface area contributed by atoms with Crippen LogP contribution in [0.5, 0.6) is 0 Å². The molecule has 2 nitrogen and oxygen atoms in total. The fourth-order valence-corrected chi connectivity index (χ4v) is 3.25. The quantitative estimate of drug-likeness (QED) is 0.193. The molecule has 0 rings (SSSR count). The Hall–Kier alpha value is -0.530. The second kappa shape index (κ2) is 22.5. The van der Waals surface area contributed by atoms with E-state index in [1.54, 1.807) is 0 Å². The Morgan fingerprint density at radius 1 is 0.577 bits per heavy atom. The maximum atomic E-state index is 10.4. The largest absolute Gasteiger partial charge is 0.481 e. The molecule has 1 N–H and O–H groups in total. The normalized spacial score (nSPS) is 14.5. The highest BCUT2D eigenvalue weighted by Gasteiger charge is 1.97. The highest BCUT2D eigenvalue weighted by Crippen LogP contribution is 2.15. The number of hydrogen-bond donors (Lipinski definition) is 1. The van der Waals surface area contributed by atoms with Gasteiger partial charge in [-0.25, -0.2) is 0 Å². The molecule has 0 aromatic rings. The molecule has 0 aliphatic heterocycles. The van der Waals surface area contributed by atoms with Gasteiger partial charge in [0.1, 0.15) is 0 Å². The number of carboxylic acid groups (broad SMARTS) is 1. The Balaban J connectivity index is 3.71. The average Bonchev–Trinajstić information content (AvgIpc) is 2.67. The fourth-order valence-electron chi connectivity index (χ4n) is 3.25. The Bertz CT molecular complexity index is 414. The van der Waals surface area contributed by atoms with E-state index in [-0.39, 0.29) is 6.42 Å². The monoisotopic (exact) mass is 372 g/mol. The summed E-state index contributed by atoms with van der Waals surface area (Å²) in [5.74, 6) is -0.720. The molecule has 0 aliphatic rings. The van der Waals surface area contributed by atoms with Crippen molar-refractivity contribution in [3.63, 3.8) is 0 Å². The highest BCUT2D eigenvalue weighted by molar-refractivity contribution is 5.66. The Morgan fingerprint density at radius 2 is 0.885 bits per heavy atom. The van der Waals surface area contributed by atoms with E-state index in [0.717, 1.165) is 70.6 Å². The van der Waals surface area contributed by atoms with Crippen molar-refractivity contribution in [3.05, 3.63) is 0 Å². The maximum absolute atomic E-state index is 10.4. The lowest BCUT2D eigenvalue weighted by Crippen LogP contribution is -1.93. The first kappa shape index (κ1) is 18.8. The lowest BCUT2D eigenvalue weighted by molar-refractivity contribution is -0.137. The molecule has 26 heavy (non-hydrogen) atoms. The number of rotatable bonds is 22. The second-order valence-corrected chi connectivity index (χ2v) is 7.65. The molecule has 0 atom stereocenters. The number of aliphatic carboxylic acids is 1. The smallest absolute Gasteiger partial charge is 0.303 e. The van der Waals surface area contributed by atoms with Crippen molar-refractivity contribution in [2.45, 2.75) is 148 Å². The summed E-state index contributed by atoms with van der Waals surface area (Å²) < 4.78 is 32.8. The number of carbonyl (C=O) groups is 1. The van der Waals surface area contributed by atoms with Crippen molar-refractivity contribution in [3.8, 4) is 0 Å². The molecule has 0 amide bonds. The minimum atomic E-state index is -1.75. The van der Waals surface area contributed by atoms with Gasteiger partial charge >= 0.3 is 5.97 Å². The first-order valence-corrected chi connectivity index (χ1v) is 11.4. The van der Waals surface area contributed by atoms with Crippen LogP contribution >= 0.6 is 0 Å². The van der Waals surface area contributed by atoms with Crippen molar-refractivity contribution in [1.82, 2.24) is 0 Å². The van der Waals surface area contributed by atoms with E-state index in [4.69, 9.17) is 10.6 Å². The van der Waals surface area contributed by atoms with Gasteiger partial charge in [0.25, 0.3) is 0 Å². The van der Waals surface area contributed by atoms with Crippen molar-refractivity contribution in [1.29, 1.82) is 0 Å². The molecule has 156 valence electrons. The molecule has 0 spiro atoms. The maximum Gasteiger partial charge on any atom is 0.303 e. The molecule has 0 saturated heterocycles. The summed E-state index contributed by atoms with van der Waals surface area (Å²) in [5.41, 5.74) is 0. The molecule has 0 heterocycles. The Morgan fingerprint density at radius 3 is 1.23 bits per heavy atom. The third kappa shape index (κ3) is 23.5. The van der Waals surface area contributed by atoms with Crippen LogP contribution in [0.3, 0.4) is 0 Å². The predicted molar refractivity (Wildman–Crippen MR) is 115 cm³/mol. The van der Waals surface area contributed by atoms with Gasteiger partial charge in [0.05, 0.1) is 0 Å². The fraction of sp³-hybridized carbons (Fsp3) is 0.958. The molecule has 0 radical (unpaired) electrons. The van der Waals surface area contributed by atoms with Crippen LogP contribution in [0.25, 0.3) is 0 Å². The number of hydrogen-bond acceptors (Lipinski definition) is 1. The van der Waals surface area contributed by atoms with Crippen LogP contribution in [0.1, 0.15) is 154 Å². The van der Waals surface area contributed by atoms with Crippen molar-refractivity contribution < 1.29 is 15.4 Å². The lowest BCUT2D eigenvalue weighted by atomic mass is 10.0. The number of unbranched alkanes of at least 4 members (excludes halogenated alkanes) is 15. The second-order valence-electron chi connectivity index (χ2n) is 7.65. The van der Waals surface area contributed by atoms with Gasteiger partial charge in [-0.3, -0.25) is 4.79 Å². The van der Waals surface area contributed by atoms with Crippen LogP contribution in [0.2, 0.25) is 0 Å². The summed E-state index contributed by atoms with van der Waals surface area (Å²) >= 11 is 0. The molecule has 2 heteroatoms. The first-order chi connectivity index (χ1) is 14.2. The third-order valence-electron chi connectivity index (χ3n) is 4.97. The summed E-state index contributed by atoms with van der Waals surface area (Å²) in [6, 6.07) is 0. The van der Waals surface area contributed by atoms with E-state index in [1.807, 2.05) is 0 Å². The van der Waals surface area contributed by atoms with Crippen molar-refractivity contribution in [2.24, 2.45) is 0 Å². The zero-order valence-corrected chi connectivity index (χ0v) is 17.5. The zero-order chi connectivity index (χ0) is 22.7. The van der Waals surface area contributed by atoms with Gasteiger partial charge < -0.3 is 5.11 Å². The van der Waals surface area contributed by atoms with Gasteiger partial charge in [0.2, 0.25) is 0 Å². The van der Waals surface area contributed by atoms with Crippen LogP contribution < -0.4 is 0 Å². The highest BCUT2D eigenvalue weighted by atomic mass is 16.4. The summed E-state index contributed by atoms with van der Waals surface area (Å²) in [4.78, 5) is 10.4. The van der Waals surface area contributed by atoms with E-state index >= 15 is 0 Å². The van der Waals surface area contributed by atoms with E-state index in [0.29, 0.717) is 12.8 Å². The lowest BCUT2D eigenvalue weighted by Gasteiger charge is -2.04. The molecule has 0 aliphatic carbocycles. The molecular formula is C24H48O2. The van der Waals surface area contributed by atoms with Crippen LogP contribution in [0.15, 0.2) is 0 Å². The summed E-state index contributed by atoms with van der Waals surface area (Å²) in [5, 5.41) is 8.59. The first-order valence-electron chi connectivity index (χ1n) is 13.4. The Labute approximate surface area is 170 Å². The standard InChI is InChI=1S/C24H48O2/c1-2-3-4-5-6-7-8-9-10-11-12-13-14-15-16-17-18-19-20-21-22-23-24(25)26/h2-23H2,1H3,(H,25,26)/i12D2,13D2. The zero-order valence-electron chi connectivity index (χ0n) is 21.5. The molecule has 0 bridgehead atoms. The molecule has 0 aromatic heterocycles. The Kier molecular flexibility index (Phi) is 16.3. The van der Waals surface area contributed by atoms with Crippen molar-refractivity contribution in [2.75, 3.05) is 0 Å². The number of carboxylic acids is 1. The molecule has 0 aromatic carbocycles. The van der Waals surface area contributed by atoms with Crippen molar-refractivity contribution >= 4 is 5.97 Å². The minimum Gasteiger partial charge on any atom is -0.481 e. The van der Waals surface area contributed by atoms with Gasteiger partial charge in [-0.15, -0.1) is 0 Å². The van der Waals surface area contributed by atoms with Gasteiger partial charge in [-0.2, -0.15) is 0 Å². The van der Waals surface area contributed by atoms with Gasteiger partial charge in [-0.05, 0) is 6.42 Å². The molecule has 0 fully saturated rings. The average molecular weight is 373 g/mol. The van der Waals surface area contributed by atoms with E-state index in [1.165, 1.54) is 38.5 Å². The van der Waals surface area contributed by atoms with Crippen LogP contribution in [0.4, 0.5) is 0 Å². The molecule has 0 saturated carbocycles. The van der Waals surface area contributed by atoms with E-state index in [9.17, 15) is 4.79 Å². The summed E-state index contributed by atoms with van der Waals surface area (Å²) in [7, 11) is 0. The third-order valence-corrected chi connectivity index (χ3v) is 4.97. The summed E-state index contributed by atoms with van der Waals surface area (Å²) in [6.45, 7) is 2.22. The minimum absolute atomic E-state index is 0.260. The van der Waals surface area contributed by atoms with E-state index in [2.05, 4.69) is 6.92 Å². The van der Waals surface area contributed by atoms with Crippen LogP contribution in [-0.4, -0.2) is 11.1 Å². The van der Waals surface area contributed by atoms with Gasteiger partial charge in [-0.1, -0.05) is 135 Å².